The van der Waals surface area contributed by atoms with Gasteiger partial charge < -0.3 is 9.30 Å². The van der Waals surface area contributed by atoms with Gasteiger partial charge in [0.05, 0.1) is 18.4 Å². The Hall–Kier alpha value is -3.22. The zero-order valence-corrected chi connectivity index (χ0v) is 16.0. The Morgan fingerprint density at radius 1 is 1.00 bits per heavy atom. The minimum atomic E-state index is 0.593. The number of methoxy groups -OCH3 is 1. The fourth-order valence-corrected chi connectivity index (χ4v) is 3.21. The Morgan fingerprint density at radius 2 is 1.78 bits per heavy atom. The lowest BCUT2D eigenvalue weighted by atomic mass is 10.2. The molecule has 0 spiro atoms. The number of nitrogens with zero attached hydrogens (tertiary/aromatic N) is 6. The Bertz CT molecular complexity index is 1100. The normalized spacial score (nSPS) is 11.3. The average Bonchev–Trinajstić information content (AvgIpc) is 3.28. The van der Waals surface area contributed by atoms with Crippen molar-refractivity contribution in [2.45, 2.75) is 26.7 Å². The van der Waals surface area contributed by atoms with Crippen LogP contribution in [0.15, 0.2) is 36.5 Å². The predicted octanol–water partition coefficient (Wildman–Crippen LogP) is 2.94. The van der Waals surface area contributed by atoms with E-state index < -0.39 is 0 Å². The molecule has 0 N–H and O–H groups in total. The molecule has 1 aromatic carbocycles. The van der Waals surface area contributed by atoms with Crippen LogP contribution in [0, 0.1) is 13.8 Å². The molecule has 0 unspecified atom stereocenters. The minimum Gasteiger partial charge on any atom is -0.481 e. The fraction of sp³-hybridized carbons (Fsp3) is 0.300. The van der Waals surface area contributed by atoms with Crippen LogP contribution in [0.25, 0.3) is 16.9 Å². The number of hydrogen-bond donors (Lipinski definition) is 0. The first-order chi connectivity index (χ1) is 13.1. The third kappa shape index (κ3) is 3.16. The van der Waals surface area contributed by atoms with Gasteiger partial charge in [-0.3, -0.25) is 0 Å². The lowest BCUT2D eigenvalue weighted by Crippen LogP contribution is -2.03. The zero-order chi connectivity index (χ0) is 19.0. The number of benzene rings is 1. The standard InChI is InChI=1S/C20H22N6O/c1-13-19-23-17(24-26(19)14(2)21-20(13)27-4)10-11-18-22-16(12-25(18)3)15-8-6-5-7-9-15/h5-9,12H,10-11H2,1-4H3. The number of fused-ring (bicyclic) bond motifs is 1. The summed E-state index contributed by atoms with van der Waals surface area (Å²) in [6.45, 7) is 3.85. The van der Waals surface area contributed by atoms with Gasteiger partial charge >= 0.3 is 0 Å². The highest BCUT2D eigenvalue weighted by atomic mass is 16.5. The first-order valence-electron chi connectivity index (χ1n) is 8.91. The summed E-state index contributed by atoms with van der Waals surface area (Å²) in [7, 11) is 3.64. The van der Waals surface area contributed by atoms with Gasteiger partial charge in [0, 0.05) is 31.6 Å². The molecule has 0 fully saturated rings. The van der Waals surface area contributed by atoms with E-state index >= 15 is 0 Å². The molecule has 3 aromatic heterocycles. The third-order valence-corrected chi connectivity index (χ3v) is 4.68. The highest BCUT2D eigenvalue weighted by Gasteiger charge is 2.15. The molecule has 0 aliphatic carbocycles. The molecule has 0 atom stereocenters. The van der Waals surface area contributed by atoms with Crippen molar-refractivity contribution in [1.82, 2.24) is 29.1 Å². The van der Waals surface area contributed by atoms with Crippen molar-refractivity contribution in [1.29, 1.82) is 0 Å². The molecule has 27 heavy (non-hydrogen) atoms. The second-order valence-corrected chi connectivity index (χ2v) is 6.58. The lowest BCUT2D eigenvalue weighted by Gasteiger charge is -2.05. The maximum absolute atomic E-state index is 5.33. The van der Waals surface area contributed by atoms with Crippen molar-refractivity contribution >= 4 is 5.65 Å². The molecule has 7 nitrogen and oxygen atoms in total. The zero-order valence-electron chi connectivity index (χ0n) is 16.0. The number of aromatic nitrogens is 6. The summed E-state index contributed by atoms with van der Waals surface area (Å²) in [6.07, 6.45) is 3.54. The monoisotopic (exact) mass is 362 g/mol. The highest BCUT2D eigenvalue weighted by molar-refractivity contribution is 5.58. The van der Waals surface area contributed by atoms with E-state index in [1.54, 1.807) is 11.6 Å². The van der Waals surface area contributed by atoms with Gasteiger partial charge in [-0.15, -0.1) is 5.10 Å². The molecule has 4 rings (SSSR count). The molecular weight excluding hydrogens is 340 g/mol. The molecule has 3 heterocycles. The number of imidazole rings is 1. The topological polar surface area (TPSA) is 70.1 Å². The lowest BCUT2D eigenvalue weighted by molar-refractivity contribution is 0.392. The number of aryl methyl sites for hydroxylation is 5. The summed E-state index contributed by atoms with van der Waals surface area (Å²) in [5, 5.41) is 4.61. The van der Waals surface area contributed by atoms with E-state index in [1.165, 1.54) is 0 Å². The quantitative estimate of drug-likeness (QED) is 0.546. The average molecular weight is 362 g/mol. The molecule has 0 amide bonds. The van der Waals surface area contributed by atoms with Gasteiger partial charge in [-0.1, -0.05) is 30.3 Å². The highest BCUT2D eigenvalue weighted by Crippen LogP contribution is 2.21. The van der Waals surface area contributed by atoms with Crippen LogP contribution in [0.2, 0.25) is 0 Å². The largest absolute Gasteiger partial charge is 0.481 e. The van der Waals surface area contributed by atoms with E-state index in [0.717, 1.165) is 46.4 Å². The molecule has 4 aromatic rings. The molecule has 0 saturated carbocycles. The van der Waals surface area contributed by atoms with Crippen molar-refractivity contribution in [3.63, 3.8) is 0 Å². The maximum atomic E-state index is 5.33. The smallest absolute Gasteiger partial charge is 0.221 e. The van der Waals surface area contributed by atoms with E-state index in [4.69, 9.17) is 9.72 Å². The summed E-state index contributed by atoms with van der Waals surface area (Å²) < 4.78 is 9.17. The molecule has 0 aliphatic heterocycles. The molecule has 0 saturated heterocycles. The van der Waals surface area contributed by atoms with Gasteiger partial charge in [0.15, 0.2) is 11.5 Å². The number of ether oxygens (including phenoxy) is 1. The third-order valence-electron chi connectivity index (χ3n) is 4.68. The molecular formula is C20H22N6O. The van der Waals surface area contributed by atoms with Crippen LogP contribution in [0.3, 0.4) is 0 Å². The second-order valence-electron chi connectivity index (χ2n) is 6.58. The van der Waals surface area contributed by atoms with Crippen LogP contribution in [-0.2, 0) is 19.9 Å². The van der Waals surface area contributed by atoms with Gasteiger partial charge in [0.25, 0.3) is 0 Å². The first-order valence-corrected chi connectivity index (χ1v) is 8.91. The van der Waals surface area contributed by atoms with Crippen LogP contribution in [0.1, 0.15) is 23.0 Å². The summed E-state index contributed by atoms with van der Waals surface area (Å²) in [5.41, 5.74) is 3.79. The summed E-state index contributed by atoms with van der Waals surface area (Å²) >= 11 is 0. The van der Waals surface area contributed by atoms with Gasteiger partial charge in [-0.05, 0) is 13.8 Å². The molecule has 7 heteroatoms. The van der Waals surface area contributed by atoms with E-state index in [-0.39, 0.29) is 0 Å². The fourth-order valence-electron chi connectivity index (χ4n) is 3.21. The van der Waals surface area contributed by atoms with E-state index in [1.807, 2.05) is 39.1 Å². The van der Waals surface area contributed by atoms with Crippen LogP contribution < -0.4 is 4.74 Å². The van der Waals surface area contributed by atoms with Crippen molar-refractivity contribution < 1.29 is 4.74 Å². The predicted molar refractivity (Wildman–Crippen MR) is 103 cm³/mol. The van der Waals surface area contributed by atoms with Crippen LogP contribution in [0.4, 0.5) is 0 Å². The van der Waals surface area contributed by atoms with Crippen LogP contribution in [0.5, 0.6) is 5.88 Å². The Labute approximate surface area is 157 Å². The second kappa shape index (κ2) is 6.83. The minimum absolute atomic E-state index is 0.593. The van der Waals surface area contributed by atoms with E-state index in [2.05, 4.69) is 38.0 Å². The molecule has 138 valence electrons. The van der Waals surface area contributed by atoms with Crippen molar-refractivity contribution in [3.05, 3.63) is 59.6 Å². The van der Waals surface area contributed by atoms with Crippen LogP contribution in [-0.4, -0.2) is 36.2 Å². The Morgan fingerprint density at radius 3 is 2.52 bits per heavy atom. The van der Waals surface area contributed by atoms with Gasteiger partial charge in [0.2, 0.25) is 5.88 Å². The summed E-state index contributed by atoms with van der Waals surface area (Å²) in [4.78, 5) is 13.9. The maximum Gasteiger partial charge on any atom is 0.221 e. The van der Waals surface area contributed by atoms with Crippen molar-refractivity contribution in [2.75, 3.05) is 7.11 Å². The molecule has 0 bridgehead atoms. The summed E-state index contributed by atoms with van der Waals surface area (Å²) in [5.74, 6) is 3.14. The summed E-state index contributed by atoms with van der Waals surface area (Å²) in [6, 6.07) is 10.2. The van der Waals surface area contributed by atoms with Gasteiger partial charge in [0.1, 0.15) is 11.6 Å². The molecule has 0 radical (unpaired) electrons. The van der Waals surface area contributed by atoms with Crippen molar-refractivity contribution in [2.24, 2.45) is 7.05 Å². The van der Waals surface area contributed by atoms with Gasteiger partial charge in [-0.25, -0.2) is 9.97 Å². The Kier molecular flexibility index (Phi) is 4.35. The van der Waals surface area contributed by atoms with Crippen LogP contribution >= 0.6 is 0 Å². The van der Waals surface area contributed by atoms with Gasteiger partial charge in [-0.2, -0.15) is 9.50 Å². The number of hydrogen-bond acceptors (Lipinski definition) is 5. The first kappa shape index (κ1) is 17.2. The molecule has 0 aliphatic rings. The van der Waals surface area contributed by atoms with E-state index in [0.29, 0.717) is 12.3 Å². The van der Waals surface area contributed by atoms with Crippen molar-refractivity contribution in [3.8, 4) is 17.1 Å². The SMILES string of the molecule is COc1nc(C)n2nc(CCc3nc(-c4ccccc4)cn3C)nc2c1C. The Balaban J connectivity index is 1.58. The van der Waals surface area contributed by atoms with E-state index in [9.17, 15) is 0 Å². The number of rotatable bonds is 5.